The van der Waals surface area contributed by atoms with E-state index in [9.17, 15) is 9.59 Å². The van der Waals surface area contributed by atoms with Gasteiger partial charge in [0.1, 0.15) is 0 Å². The van der Waals surface area contributed by atoms with Gasteiger partial charge >= 0.3 is 5.97 Å². The zero-order valence-corrected chi connectivity index (χ0v) is 12.1. The smallest absolute Gasteiger partial charge is 0.333 e. The molecule has 0 aromatic heterocycles. The lowest BCUT2D eigenvalue weighted by Gasteiger charge is -2.23. The molecule has 0 rings (SSSR count). The normalized spacial score (nSPS) is 14.0. The van der Waals surface area contributed by atoms with Gasteiger partial charge in [0.25, 0.3) is 0 Å². The monoisotopic (exact) mass is 256 g/mol. The molecular weight excluding hydrogens is 232 g/mol. The Bertz CT molecular complexity index is 330. The van der Waals surface area contributed by atoms with E-state index in [2.05, 4.69) is 15.4 Å². The highest BCUT2D eigenvalue weighted by Gasteiger charge is 2.18. The van der Waals surface area contributed by atoms with Gasteiger partial charge in [-0.15, -0.1) is 0 Å². The van der Waals surface area contributed by atoms with Crippen molar-refractivity contribution in [1.29, 1.82) is 0 Å². The molecule has 2 N–H and O–H groups in total. The van der Waals surface area contributed by atoms with Crippen molar-refractivity contribution in [3.8, 4) is 0 Å². The summed E-state index contributed by atoms with van der Waals surface area (Å²) in [4.78, 5) is 22.8. The average molecular weight is 256 g/mol. The van der Waals surface area contributed by atoms with Crippen molar-refractivity contribution in [2.45, 2.75) is 46.2 Å². The van der Waals surface area contributed by atoms with E-state index in [1.807, 2.05) is 20.8 Å². The zero-order chi connectivity index (χ0) is 14.3. The molecule has 5 heteroatoms. The van der Waals surface area contributed by atoms with Gasteiger partial charge in [0.15, 0.2) is 0 Å². The van der Waals surface area contributed by atoms with Crippen LogP contribution < -0.4 is 10.6 Å². The van der Waals surface area contributed by atoms with Crippen molar-refractivity contribution in [1.82, 2.24) is 10.6 Å². The van der Waals surface area contributed by atoms with Crippen LogP contribution in [-0.2, 0) is 14.3 Å². The first kappa shape index (κ1) is 16.6. The molecule has 1 atom stereocenters. The summed E-state index contributed by atoms with van der Waals surface area (Å²) < 4.78 is 4.57. The molecule has 0 heterocycles. The van der Waals surface area contributed by atoms with Gasteiger partial charge in [-0.05, 0) is 34.6 Å². The molecule has 0 radical (unpaired) electrons. The second-order valence-electron chi connectivity index (χ2n) is 5.25. The number of nitrogens with one attached hydrogen (secondary N) is 2. The van der Waals surface area contributed by atoms with Gasteiger partial charge in [-0.3, -0.25) is 4.79 Å². The van der Waals surface area contributed by atoms with Crippen LogP contribution >= 0.6 is 0 Å². The molecule has 104 valence electrons. The molecule has 0 saturated carbocycles. The number of ether oxygens (including phenoxy) is 1. The number of hydrogen-bond donors (Lipinski definition) is 2. The number of rotatable bonds is 5. The van der Waals surface area contributed by atoms with E-state index in [4.69, 9.17) is 0 Å². The van der Waals surface area contributed by atoms with Crippen LogP contribution in [0.4, 0.5) is 0 Å². The maximum atomic E-state index is 11.7. The number of carbonyl (C=O) groups is 2. The zero-order valence-electron chi connectivity index (χ0n) is 12.1. The summed E-state index contributed by atoms with van der Waals surface area (Å²) in [6, 6.07) is -0.314. The molecule has 0 aromatic rings. The molecule has 18 heavy (non-hydrogen) atoms. The van der Waals surface area contributed by atoms with E-state index >= 15 is 0 Å². The van der Waals surface area contributed by atoms with Crippen LogP contribution in [0, 0.1) is 0 Å². The summed E-state index contributed by atoms with van der Waals surface area (Å²) in [5.41, 5.74) is 0.276. The SMILES string of the molecule is COC(=O)C(C)=CCNC(C)C(=O)NC(C)(C)C. The van der Waals surface area contributed by atoms with Gasteiger partial charge in [-0.1, -0.05) is 6.08 Å². The second-order valence-corrected chi connectivity index (χ2v) is 5.25. The summed E-state index contributed by atoms with van der Waals surface area (Å²) in [5, 5.41) is 5.90. The molecule has 1 amide bonds. The minimum atomic E-state index is -0.358. The highest BCUT2D eigenvalue weighted by atomic mass is 16.5. The second kappa shape index (κ2) is 7.16. The van der Waals surface area contributed by atoms with Crippen LogP contribution in [0.15, 0.2) is 11.6 Å². The number of carbonyl (C=O) groups excluding carboxylic acids is 2. The van der Waals surface area contributed by atoms with Crippen LogP contribution in [0.3, 0.4) is 0 Å². The standard InChI is InChI=1S/C13H24N2O3/c1-9(12(17)18-6)7-8-14-10(2)11(16)15-13(3,4)5/h7,10,14H,8H2,1-6H3,(H,15,16). The van der Waals surface area contributed by atoms with Crippen molar-refractivity contribution in [2.75, 3.05) is 13.7 Å². The highest BCUT2D eigenvalue weighted by molar-refractivity contribution is 5.87. The quantitative estimate of drug-likeness (QED) is 0.569. The Labute approximate surface area is 109 Å². The highest BCUT2D eigenvalue weighted by Crippen LogP contribution is 1.99. The number of esters is 1. The predicted octanol–water partition coefficient (Wildman–Crippen LogP) is 0.998. The maximum Gasteiger partial charge on any atom is 0.333 e. The van der Waals surface area contributed by atoms with Crippen molar-refractivity contribution in [3.05, 3.63) is 11.6 Å². The lowest BCUT2D eigenvalue weighted by Crippen LogP contribution is -2.49. The summed E-state index contributed by atoms with van der Waals surface area (Å²) in [6.07, 6.45) is 1.70. The molecular formula is C13H24N2O3. The molecule has 0 spiro atoms. The molecule has 0 bridgehead atoms. The van der Waals surface area contributed by atoms with Gasteiger partial charge in [0, 0.05) is 17.7 Å². The summed E-state index contributed by atoms with van der Waals surface area (Å²) >= 11 is 0. The largest absolute Gasteiger partial charge is 0.466 e. The van der Waals surface area contributed by atoms with E-state index in [1.54, 1.807) is 19.9 Å². The summed E-state index contributed by atoms with van der Waals surface area (Å²) in [5.74, 6) is -0.421. The van der Waals surface area contributed by atoms with Crippen molar-refractivity contribution < 1.29 is 14.3 Å². The fourth-order valence-electron chi connectivity index (χ4n) is 1.20. The lowest BCUT2D eigenvalue weighted by molar-refractivity contribution is -0.136. The van der Waals surface area contributed by atoms with Gasteiger partial charge in [0.05, 0.1) is 13.2 Å². The van der Waals surface area contributed by atoms with E-state index in [-0.39, 0.29) is 23.5 Å². The van der Waals surface area contributed by atoms with Crippen LogP contribution in [0.5, 0.6) is 0 Å². The first-order valence-electron chi connectivity index (χ1n) is 5.98. The molecule has 0 aliphatic carbocycles. The Morgan fingerprint density at radius 3 is 2.33 bits per heavy atom. The van der Waals surface area contributed by atoms with Crippen LogP contribution in [0.1, 0.15) is 34.6 Å². The lowest BCUT2D eigenvalue weighted by atomic mass is 10.1. The first-order valence-corrected chi connectivity index (χ1v) is 5.98. The number of amides is 1. The Morgan fingerprint density at radius 1 is 1.33 bits per heavy atom. The third-order valence-electron chi connectivity index (χ3n) is 2.23. The van der Waals surface area contributed by atoms with Crippen LogP contribution in [-0.4, -0.2) is 37.1 Å². The molecule has 1 unspecified atom stereocenters. The predicted molar refractivity (Wildman–Crippen MR) is 71.1 cm³/mol. The van der Waals surface area contributed by atoms with Crippen molar-refractivity contribution in [3.63, 3.8) is 0 Å². The van der Waals surface area contributed by atoms with E-state index in [0.29, 0.717) is 12.1 Å². The van der Waals surface area contributed by atoms with Gasteiger partial charge in [-0.2, -0.15) is 0 Å². The van der Waals surface area contributed by atoms with Crippen LogP contribution in [0.25, 0.3) is 0 Å². The summed E-state index contributed by atoms with van der Waals surface area (Å²) in [6.45, 7) is 9.69. The molecule has 0 aromatic carbocycles. The fraction of sp³-hybridized carbons (Fsp3) is 0.692. The van der Waals surface area contributed by atoms with Crippen LogP contribution in [0.2, 0.25) is 0 Å². The van der Waals surface area contributed by atoms with E-state index in [1.165, 1.54) is 7.11 Å². The molecule has 0 aliphatic heterocycles. The van der Waals surface area contributed by atoms with Gasteiger partial charge in [0.2, 0.25) is 5.91 Å². The minimum absolute atomic E-state index is 0.0633. The number of hydrogen-bond acceptors (Lipinski definition) is 4. The molecule has 5 nitrogen and oxygen atoms in total. The summed E-state index contributed by atoms with van der Waals surface area (Å²) in [7, 11) is 1.34. The Hall–Kier alpha value is -1.36. The van der Waals surface area contributed by atoms with Gasteiger partial charge in [-0.25, -0.2) is 4.79 Å². The topological polar surface area (TPSA) is 67.4 Å². The molecule has 0 fully saturated rings. The van der Waals surface area contributed by atoms with E-state index < -0.39 is 0 Å². The van der Waals surface area contributed by atoms with Crippen molar-refractivity contribution >= 4 is 11.9 Å². The Kier molecular flexibility index (Phi) is 6.62. The molecule has 0 aliphatic rings. The van der Waals surface area contributed by atoms with Gasteiger partial charge < -0.3 is 15.4 Å². The minimum Gasteiger partial charge on any atom is -0.466 e. The Morgan fingerprint density at radius 2 is 1.89 bits per heavy atom. The third-order valence-corrected chi connectivity index (χ3v) is 2.23. The maximum absolute atomic E-state index is 11.7. The Balaban J connectivity index is 4.15. The fourth-order valence-corrected chi connectivity index (χ4v) is 1.20. The third kappa shape index (κ3) is 7.06. The molecule has 0 saturated heterocycles. The van der Waals surface area contributed by atoms with Crippen molar-refractivity contribution in [2.24, 2.45) is 0 Å². The first-order chi connectivity index (χ1) is 8.17. The average Bonchev–Trinajstić information content (AvgIpc) is 2.25. The number of methoxy groups -OCH3 is 1. The van der Waals surface area contributed by atoms with E-state index in [0.717, 1.165) is 0 Å².